The molecule has 8 aromatic rings. The molecule has 0 bridgehead atoms. The van der Waals surface area contributed by atoms with Crippen molar-refractivity contribution in [2.24, 2.45) is 0 Å². The summed E-state index contributed by atoms with van der Waals surface area (Å²) < 4.78 is 4.56. The average Bonchev–Trinajstić information content (AvgIpc) is 3.68. The van der Waals surface area contributed by atoms with Gasteiger partial charge in [0.05, 0.1) is 39.4 Å². The lowest BCUT2D eigenvalue weighted by molar-refractivity contribution is 0.968. The molecule has 2 heterocycles. The van der Waals surface area contributed by atoms with Crippen molar-refractivity contribution in [3.63, 3.8) is 0 Å². The van der Waals surface area contributed by atoms with E-state index in [1.807, 2.05) is 30.3 Å². The summed E-state index contributed by atoms with van der Waals surface area (Å²) in [7, 11) is 0. The average molecular weight is 613 g/mol. The van der Waals surface area contributed by atoms with Crippen molar-refractivity contribution in [3.8, 4) is 45.8 Å². The molecule has 0 spiro atoms. The highest BCUT2D eigenvalue weighted by Crippen LogP contribution is 2.40. The van der Waals surface area contributed by atoms with Gasteiger partial charge in [-0.1, -0.05) is 91.0 Å². The van der Waals surface area contributed by atoms with Crippen LogP contribution < -0.4 is 0 Å². The summed E-state index contributed by atoms with van der Waals surface area (Å²) in [6.45, 7) is 0. The number of rotatable bonds is 4. The summed E-state index contributed by atoms with van der Waals surface area (Å²) in [5.41, 5.74) is 13.2. The predicted molar refractivity (Wildman–Crippen MR) is 195 cm³/mol. The maximum Gasteiger partial charge on any atom is 0.101 e. The van der Waals surface area contributed by atoms with Crippen LogP contribution in [0.1, 0.15) is 28.8 Å². The van der Waals surface area contributed by atoms with E-state index in [-0.39, 0.29) is 0 Å². The molecule has 4 nitrogen and oxygen atoms in total. The second-order valence-corrected chi connectivity index (χ2v) is 12.3. The van der Waals surface area contributed by atoms with E-state index >= 15 is 0 Å². The molecule has 1 aliphatic rings. The summed E-state index contributed by atoms with van der Waals surface area (Å²) in [4.78, 5) is 0. The van der Waals surface area contributed by atoms with Gasteiger partial charge in [0, 0.05) is 33.1 Å². The van der Waals surface area contributed by atoms with Gasteiger partial charge >= 0.3 is 0 Å². The standard InChI is InChI=1S/C44H28N4/c45-27-29-19-24-43(48-42-18-6-3-14-37(42)38-15-8-10-33(28-46)44(38)48)39(25-29)31-22-20-30(21-23-31)32-9-7-11-34(26-32)47-40-16-4-1-12-35(40)36-13-2-5-17-41(36)47/h1-2,4-13,15-26H,3,14H2. The van der Waals surface area contributed by atoms with E-state index in [1.54, 1.807) is 0 Å². The monoisotopic (exact) mass is 612 g/mol. The van der Waals surface area contributed by atoms with Gasteiger partial charge in [-0.15, -0.1) is 0 Å². The van der Waals surface area contributed by atoms with Crippen molar-refractivity contribution in [1.82, 2.24) is 9.13 Å². The van der Waals surface area contributed by atoms with Crippen LogP contribution in [0.2, 0.25) is 0 Å². The number of hydrogen-bond donors (Lipinski definition) is 0. The van der Waals surface area contributed by atoms with Crippen molar-refractivity contribution in [1.29, 1.82) is 10.5 Å². The Morgan fingerprint density at radius 2 is 1.27 bits per heavy atom. The van der Waals surface area contributed by atoms with Crippen molar-refractivity contribution >= 4 is 38.8 Å². The molecule has 4 heteroatoms. The Balaban J connectivity index is 1.18. The summed E-state index contributed by atoms with van der Waals surface area (Å²) in [5.74, 6) is 0. The lowest BCUT2D eigenvalue weighted by Crippen LogP contribution is -2.03. The fourth-order valence-corrected chi connectivity index (χ4v) is 7.52. The Kier molecular flexibility index (Phi) is 6.35. The highest BCUT2D eigenvalue weighted by molar-refractivity contribution is 6.09. The van der Waals surface area contributed by atoms with Crippen LogP contribution in [0.15, 0.2) is 140 Å². The zero-order chi connectivity index (χ0) is 32.2. The largest absolute Gasteiger partial charge is 0.309 e. The lowest BCUT2D eigenvalue weighted by Gasteiger charge is -2.17. The molecular formula is C44H28N4. The van der Waals surface area contributed by atoms with Gasteiger partial charge in [-0.2, -0.15) is 10.5 Å². The number of hydrogen-bond acceptors (Lipinski definition) is 2. The van der Waals surface area contributed by atoms with Crippen LogP contribution in [0.5, 0.6) is 0 Å². The maximum absolute atomic E-state index is 10.1. The second kappa shape index (κ2) is 11.0. The van der Waals surface area contributed by atoms with E-state index in [2.05, 4.69) is 137 Å². The van der Waals surface area contributed by atoms with Crippen molar-refractivity contribution in [3.05, 3.63) is 162 Å². The van der Waals surface area contributed by atoms with E-state index in [4.69, 9.17) is 0 Å². The van der Waals surface area contributed by atoms with Crippen molar-refractivity contribution in [2.75, 3.05) is 0 Å². The minimum absolute atomic E-state index is 0.595. The van der Waals surface area contributed by atoms with Crippen LogP contribution in [0.4, 0.5) is 0 Å². The van der Waals surface area contributed by atoms with Gasteiger partial charge in [0.2, 0.25) is 0 Å². The number of para-hydroxylation sites is 3. The summed E-state index contributed by atoms with van der Waals surface area (Å²) in [6.07, 6.45) is 6.28. The minimum Gasteiger partial charge on any atom is -0.309 e. The molecule has 6 aromatic carbocycles. The highest BCUT2D eigenvalue weighted by Gasteiger charge is 2.23. The van der Waals surface area contributed by atoms with E-state index in [9.17, 15) is 10.5 Å². The molecule has 0 unspecified atom stereocenters. The van der Waals surface area contributed by atoms with Gasteiger partial charge in [-0.3, -0.25) is 0 Å². The smallest absolute Gasteiger partial charge is 0.101 e. The number of allylic oxidation sites excluding steroid dienone is 1. The van der Waals surface area contributed by atoms with Crippen LogP contribution in [0.3, 0.4) is 0 Å². The molecule has 224 valence electrons. The fraction of sp³-hybridized carbons (Fsp3) is 0.0455. The molecule has 0 fully saturated rings. The topological polar surface area (TPSA) is 57.4 Å². The van der Waals surface area contributed by atoms with Crippen LogP contribution in [-0.2, 0) is 6.42 Å². The first-order valence-electron chi connectivity index (χ1n) is 16.2. The third kappa shape index (κ3) is 4.21. The predicted octanol–water partition coefficient (Wildman–Crippen LogP) is 10.8. The molecule has 48 heavy (non-hydrogen) atoms. The van der Waals surface area contributed by atoms with Crippen LogP contribution >= 0.6 is 0 Å². The zero-order valence-corrected chi connectivity index (χ0v) is 26.1. The van der Waals surface area contributed by atoms with E-state index in [1.165, 1.54) is 27.4 Å². The third-order valence-electron chi connectivity index (χ3n) is 9.67. The molecule has 0 radical (unpaired) electrons. The number of aryl methyl sites for hydroxylation is 1. The van der Waals surface area contributed by atoms with Gasteiger partial charge in [0.25, 0.3) is 0 Å². The zero-order valence-electron chi connectivity index (χ0n) is 26.1. The summed E-state index contributed by atoms with van der Waals surface area (Å²) in [6, 6.07) is 51.0. The minimum atomic E-state index is 0.595. The molecule has 0 atom stereocenters. The van der Waals surface area contributed by atoms with Crippen molar-refractivity contribution < 1.29 is 0 Å². The van der Waals surface area contributed by atoms with Gasteiger partial charge in [0.1, 0.15) is 6.07 Å². The SMILES string of the molecule is N#Cc1ccc(-n2c3c(c4cccc(C#N)c42)CCC=C3)c(-c2ccc(-c3cccc(-n4c5ccccc5c5ccccc54)c3)cc2)c1. The Bertz CT molecular complexity index is 2630. The highest BCUT2D eigenvalue weighted by atomic mass is 15.0. The van der Waals surface area contributed by atoms with Crippen LogP contribution in [0, 0.1) is 22.7 Å². The summed E-state index contributed by atoms with van der Waals surface area (Å²) in [5, 5.41) is 23.6. The third-order valence-corrected chi connectivity index (χ3v) is 9.67. The van der Waals surface area contributed by atoms with Gasteiger partial charge in [-0.25, -0.2) is 0 Å². The Hall–Kier alpha value is -6.62. The Morgan fingerprint density at radius 1 is 0.562 bits per heavy atom. The Morgan fingerprint density at radius 3 is 2.02 bits per heavy atom. The van der Waals surface area contributed by atoms with Gasteiger partial charge in [-0.05, 0) is 89.7 Å². The van der Waals surface area contributed by atoms with Crippen LogP contribution in [-0.4, -0.2) is 9.13 Å². The molecule has 0 aliphatic heterocycles. The quantitative estimate of drug-likeness (QED) is 0.199. The number of benzene rings is 6. The van der Waals surface area contributed by atoms with E-state index in [0.29, 0.717) is 11.1 Å². The molecule has 0 saturated heterocycles. The van der Waals surface area contributed by atoms with E-state index in [0.717, 1.165) is 63.1 Å². The molecular weight excluding hydrogens is 585 g/mol. The Labute approximate surface area is 278 Å². The first-order chi connectivity index (χ1) is 23.7. The second-order valence-electron chi connectivity index (χ2n) is 12.3. The molecule has 2 aromatic heterocycles. The van der Waals surface area contributed by atoms with Gasteiger partial charge < -0.3 is 9.13 Å². The fourth-order valence-electron chi connectivity index (χ4n) is 7.52. The van der Waals surface area contributed by atoms with Gasteiger partial charge in [0.15, 0.2) is 0 Å². The van der Waals surface area contributed by atoms with Crippen LogP contribution in [0.25, 0.3) is 72.4 Å². The number of fused-ring (bicyclic) bond motifs is 6. The lowest BCUT2D eigenvalue weighted by atomic mass is 9.97. The first kappa shape index (κ1) is 27.7. The summed E-state index contributed by atoms with van der Waals surface area (Å²) >= 11 is 0. The maximum atomic E-state index is 10.1. The molecule has 1 aliphatic carbocycles. The van der Waals surface area contributed by atoms with E-state index < -0.39 is 0 Å². The number of nitriles is 2. The molecule has 0 N–H and O–H groups in total. The normalized spacial score (nSPS) is 12.3. The number of aromatic nitrogens is 2. The number of nitrogens with zero attached hydrogens (tertiary/aromatic N) is 4. The first-order valence-corrected chi connectivity index (χ1v) is 16.2. The molecule has 0 saturated carbocycles. The molecule has 0 amide bonds. The molecule has 9 rings (SSSR count). The van der Waals surface area contributed by atoms with Crippen molar-refractivity contribution in [2.45, 2.75) is 12.8 Å².